The molecule has 3 rings (SSSR count). The van der Waals surface area contributed by atoms with Crippen molar-refractivity contribution in [2.45, 2.75) is 30.0 Å². The van der Waals surface area contributed by atoms with Gasteiger partial charge < -0.3 is 4.90 Å². The molecule has 0 fully saturated rings. The van der Waals surface area contributed by atoms with Crippen molar-refractivity contribution in [2.24, 2.45) is 0 Å². The minimum atomic E-state index is 0.120. The summed E-state index contributed by atoms with van der Waals surface area (Å²) in [6, 6.07) is 8.16. The van der Waals surface area contributed by atoms with Crippen molar-refractivity contribution in [1.29, 1.82) is 0 Å². The number of H-pyrrole nitrogens is 1. The molecule has 6 nitrogen and oxygen atoms in total. The van der Waals surface area contributed by atoms with E-state index in [9.17, 15) is 4.79 Å². The van der Waals surface area contributed by atoms with Crippen LogP contribution in [0.5, 0.6) is 0 Å². The van der Waals surface area contributed by atoms with Crippen LogP contribution in [-0.2, 0) is 11.3 Å². The third-order valence-electron chi connectivity index (χ3n) is 3.83. The Labute approximate surface area is 140 Å². The minimum Gasteiger partial charge on any atom is -0.310 e. The third kappa shape index (κ3) is 3.92. The van der Waals surface area contributed by atoms with Crippen LogP contribution in [-0.4, -0.2) is 51.4 Å². The van der Waals surface area contributed by atoms with Gasteiger partial charge in [0.25, 0.3) is 0 Å². The average molecular weight is 331 g/mol. The zero-order valence-corrected chi connectivity index (χ0v) is 14.2. The van der Waals surface area contributed by atoms with Crippen molar-refractivity contribution >= 4 is 23.4 Å². The van der Waals surface area contributed by atoms with Crippen LogP contribution >= 0.6 is 11.8 Å². The summed E-state index contributed by atoms with van der Waals surface area (Å²) in [5.41, 5.74) is 1.03. The summed E-state index contributed by atoms with van der Waals surface area (Å²) in [5, 5.41) is 7.17. The molecule has 7 heteroatoms. The maximum absolute atomic E-state index is 12.8. The monoisotopic (exact) mass is 331 g/mol. The molecule has 1 aliphatic rings. The molecule has 1 aromatic carbocycles. The molecule has 1 atom stereocenters. The van der Waals surface area contributed by atoms with E-state index in [0.717, 1.165) is 24.5 Å². The third-order valence-corrected chi connectivity index (χ3v) is 5.07. The number of aromatic amines is 1. The van der Waals surface area contributed by atoms with E-state index < -0.39 is 0 Å². The van der Waals surface area contributed by atoms with Crippen LogP contribution in [0.25, 0.3) is 0 Å². The van der Waals surface area contributed by atoms with Gasteiger partial charge in [-0.25, -0.2) is 4.98 Å². The van der Waals surface area contributed by atoms with E-state index in [1.807, 2.05) is 46.8 Å². The van der Waals surface area contributed by atoms with Crippen LogP contribution in [0.1, 0.15) is 19.2 Å². The standard InChI is InChI=1S/C16H21N5OS/c1-12-7-8-21(13-5-3-4-6-14(13)23-12)16(22)10-20(2)9-15-17-11-18-19-15/h3-6,11-12H,7-10H2,1-2H3,(H,17,18,19). The van der Waals surface area contributed by atoms with Crippen molar-refractivity contribution < 1.29 is 4.79 Å². The number of rotatable bonds is 4. The quantitative estimate of drug-likeness (QED) is 0.930. The predicted molar refractivity (Wildman–Crippen MR) is 91.4 cm³/mol. The molecule has 2 aromatic rings. The van der Waals surface area contributed by atoms with E-state index in [4.69, 9.17) is 0 Å². The number of carbonyl (C=O) groups excluding carboxylic acids is 1. The molecule has 0 saturated carbocycles. The summed E-state index contributed by atoms with van der Waals surface area (Å²) in [5.74, 6) is 0.884. The van der Waals surface area contributed by atoms with Crippen molar-refractivity contribution in [3.63, 3.8) is 0 Å². The molecule has 1 amide bonds. The van der Waals surface area contributed by atoms with Crippen molar-refractivity contribution in [3.8, 4) is 0 Å². The number of fused-ring (bicyclic) bond motifs is 1. The van der Waals surface area contributed by atoms with Gasteiger partial charge >= 0.3 is 0 Å². The molecule has 0 radical (unpaired) electrons. The molecular weight excluding hydrogens is 310 g/mol. The fraction of sp³-hybridized carbons (Fsp3) is 0.438. The van der Waals surface area contributed by atoms with Crippen LogP contribution in [0.3, 0.4) is 0 Å². The Balaban J connectivity index is 1.71. The number of nitrogens with zero attached hydrogens (tertiary/aromatic N) is 4. The SMILES string of the molecule is CC1CCN(C(=O)CN(C)Cc2ncn[nH]2)c2ccccc2S1. The highest BCUT2D eigenvalue weighted by Gasteiger charge is 2.24. The van der Waals surface area contributed by atoms with E-state index >= 15 is 0 Å². The highest BCUT2D eigenvalue weighted by atomic mass is 32.2. The number of carbonyl (C=O) groups is 1. The van der Waals surface area contributed by atoms with Gasteiger partial charge in [0, 0.05) is 16.7 Å². The molecule has 1 aromatic heterocycles. The first-order valence-electron chi connectivity index (χ1n) is 7.72. The number of nitrogens with one attached hydrogen (secondary N) is 1. The number of aromatic nitrogens is 3. The van der Waals surface area contributed by atoms with Gasteiger partial charge in [0.15, 0.2) is 0 Å². The number of para-hydroxylation sites is 1. The van der Waals surface area contributed by atoms with Crippen LogP contribution in [0.2, 0.25) is 0 Å². The molecule has 122 valence electrons. The Morgan fingerprint density at radius 1 is 1.48 bits per heavy atom. The molecule has 0 bridgehead atoms. The van der Waals surface area contributed by atoms with Gasteiger partial charge in [0.2, 0.25) is 5.91 Å². The van der Waals surface area contributed by atoms with Crippen LogP contribution < -0.4 is 4.90 Å². The Kier molecular flexibility index (Phi) is 4.97. The molecule has 2 heterocycles. The minimum absolute atomic E-state index is 0.120. The molecule has 1 unspecified atom stereocenters. The molecule has 1 aliphatic heterocycles. The molecule has 1 N–H and O–H groups in total. The van der Waals surface area contributed by atoms with Gasteiger partial charge in [-0.15, -0.1) is 11.8 Å². The topological polar surface area (TPSA) is 65.1 Å². The predicted octanol–water partition coefficient (Wildman–Crippen LogP) is 2.15. The molecule has 0 saturated heterocycles. The number of benzene rings is 1. The summed E-state index contributed by atoms with van der Waals surface area (Å²) in [7, 11) is 1.92. The number of hydrogen-bond acceptors (Lipinski definition) is 5. The van der Waals surface area contributed by atoms with Crippen molar-refractivity contribution in [3.05, 3.63) is 36.4 Å². The second-order valence-corrected chi connectivity index (χ2v) is 7.31. The van der Waals surface area contributed by atoms with Gasteiger partial charge in [-0.05, 0) is 25.6 Å². The van der Waals surface area contributed by atoms with E-state index in [1.165, 1.54) is 11.2 Å². The fourth-order valence-electron chi connectivity index (χ4n) is 2.68. The lowest BCUT2D eigenvalue weighted by atomic mass is 10.2. The Morgan fingerprint density at radius 2 is 2.30 bits per heavy atom. The normalized spacial score (nSPS) is 17.9. The van der Waals surface area contributed by atoms with E-state index in [1.54, 1.807) is 0 Å². The average Bonchev–Trinajstić information content (AvgIpc) is 2.95. The first kappa shape index (κ1) is 16.0. The van der Waals surface area contributed by atoms with E-state index in [2.05, 4.69) is 28.2 Å². The summed E-state index contributed by atoms with van der Waals surface area (Å²) in [6.07, 6.45) is 2.48. The zero-order valence-electron chi connectivity index (χ0n) is 13.4. The van der Waals surface area contributed by atoms with Gasteiger partial charge in [-0.3, -0.25) is 14.8 Å². The number of amides is 1. The molecule has 0 aliphatic carbocycles. The van der Waals surface area contributed by atoms with Crippen molar-refractivity contribution in [2.75, 3.05) is 25.0 Å². The Bertz CT molecular complexity index is 660. The highest BCUT2D eigenvalue weighted by Crippen LogP contribution is 2.37. The maximum Gasteiger partial charge on any atom is 0.241 e. The Morgan fingerprint density at radius 3 is 3.09 bits per heavy atom. The lowest BCUT2D eigenvalue weighted by Gasteiger charge is -2.25. The van der Waals surface area contributed by atoms with Gasteiger partial charge in [-0.2, -0.15) is 5.10 Å². The number of hydrogen-bond donors (Lipinski definition) is 1. The lowest BCUT2D eigenvalue weighted by Crippen LogP contribution is -2.39. The number of anilines is 1. The van der Waals surface area contributed by atoms with Gasteiger partial charge in [0.1, 0.15) is 12.2 Å². The second kappa shape index (κ2) is 7.14. The molecule has 0 spiro atoms. The van der Waals surface area contributed by atoms with Crippen LogP contribution in [0.4, 0.5) is 5.69 Å². The molecular formula is C16H21N5OS. The largest absolute Gasteiger partial charge is 0.310 e. The van der Waals surface area contributed by atoms with Crippen LogP contribution in [0, 0.1) is 0 Å². The van der Waals surface area contributed by atoms with E-state index in [-0.39, 0.29) is 5.91 Å². The summed E-state index contributed by atoms with van der Waals surface area (Å²) in [6.45, 7) is 3.91. The van der Waals surface area contributed by atoms with Gasteiger partial charge in [-0.1, -0.05) is 19.1 Å². The summed E-state index contributed by atoms with van der Waals surface area (Å²) in [4.78, 5) is 21.9. The van der Waals surface area contributed by atoms with Gasteiger partial charge in [0.05, 0.1) is 18.8 Å². The summed E-state index contributed by atoms with van der Waals surface area (Å²) >= 11 is 1.85. The zero-order chi connectivity index (χ0) is 16.2. The molecule has 23 heavy (non-hydrogen) atoms. The fourth-order valence-corrected chi connectivity index (χ4v) is 3.79. The van der Waals surface area contributed by atoms with Crippen LogP contribution in [0.15, 0.2) is 35.5 Å². The first-order valence-corrected chi connectivity index (χ1v) is 8.60. The summed E-state index contributed by atoms with van der Waals surface area (Å²) < 4.78 is 0. The lowest BCUT2D eigenvalue weighted by molar-refractivity contribution is -0.119. The maximum atomic E-state index is 12.8. The second-order valence-electron chi connectivity index (χ2n) is 5.83. The van der Waals surface area contributed by atoms with Crippen molar-refractivity contribution in [1.82, 2.24) is 20.1 Å². The number of likely N-dealkylation sites (N-methyl/N-ethyl adjacent to an activating group) is 1. The highest BCUT2D eigenvalue weighted by molar-refractivity contribution is 8.00. The first-order chi connectivity index (χ1) is 11.1. The smallest absolute Gasteiger partial charge is 0.241 e. The number of thioether (sulfide) groups is 1. The Hall–Kier alpha value is -1.86. The van der Waals surface area contributed by atoms with E-state index in [0.29, 0.717) is 18.3 Å².